The van der Waals surface area contributed by atoms with Crippen LogP contribution in [0.2, 0.25) is 0 Å². The molecule has 1 aromatic rings. The first kappa shape index (κ1) is 9.64. The van der Waals surface area contributed by atoms with Crippen molar-refractivity contribution in [3.63, 3.8) is 0 Å². The highest BCUT2D eigenvalue weighted by Gasteiger charge is 2.05. The molecule has 1 aromatic heterocycles. The van der Waals surface area contributed by atoms with Crippen LogP contribution >= 0.6 is 0 Å². The smallest absolute Gasteiger partial charge is 0.181 e. The molecule has 0 aliphatic carbocycles. The second kappa shape index (κ2) is 4.55. The summed E-state index contributed by atoms with van der Waals surface area (Å²) in [4.78, 5) is 25.1. The van der Waals surface area contributed by atoms with Crippen LogP contribution in [0.5, 0.6) is 0 Å². The zero-order valence-corrected chi connectivity index (χ0v) is 7.06. The number of nitrogens with zero attached hydrogens (tertiary/aromatic N) is 1. The predicted octanol–water partition coefficient (Wildman–Crippen LogP) is 0.0372. The molecule has 0 saturated carbocycles. The van der Waals surface area contributed by atoms with Gasteiger partial charge < -0.3 is 4.79 Å². The van der Waals surface area contributed by atoms with Crippen LogP contribution in [0.3, 0.4) is 0 Å². The number of carbonyl (C=O) groups is 2. The summed E-state index contributed by atoms with van der Waals surface area (Å²) in [5, 5.41) is 0. The first-order valence-electron chi connectivity index (χ1n) is 3.92. The second-order valence-electron chi connectivity index (χ2n) is 2.60. The largest absolute Gasteiger partial charge is 0.303 e. The molecule has 0 aromatic carbocycles. The first-order chi connectivity index (χ1) is 6.24. The lowest BCUT2D eigenvalue weighted by atomic mass is 9.96. The maximum atomic E-state index is 11.3. The minimum absolute atomic E-state index is 0.153. The Kier molecular flexibility index (Phi) is 3.37. The molecule has 1 rings (SSSR count). The lowest BCUT2D eigenvalue weighted by Crippen LogP contribution is -2.09. The summed E-state index contributed by atoms with van der Waals surface area (Å²) in [6.45, 7) is 0. The van der Waals surface area contributed by atoms with Crippen molar-refractivity contribution in [1.29, 1.82) is 0 Å². The van der Waals surface area contributed by atoms with E-state index in [1.807, 2.05) is 0 Å². The van der Waals surface area contributed by atoms with E-state index in [1.165, 1.54) is 12.3 Å². The van der Waals surface area contributed by atoms with E-state index < -0.39 is 0 Å². The Balaban J connectivity index is 2.71. The van der Waals surface area contributed by atoms with Crippen LogP contribution < -0.4 is 5.46 Å². The van der Waals surface area contributed by atoms with Crippen LogP contribution in [0.25, 0.3) is 0 Å². The fraction of sp³-hybridized carbons (Fsp3) is 0.222. The van der Waals surface area contributed by atoms with Gasteiger partial charge in [-0.15, -0.1) is 0 Å². The molecule has 0 fully saturated rings. The fourth-order valence-electron chi connectivity index (χ4n) is 0.917. The molecule has 3 nitrogen and oxygen atoms in total. The number of Topliss-reactive ketones (excluding diaryl/α,β-unsaturated/α-hetero) is 1. The van der Waals surface area contributed by atoms with Crippen LogP contribution in [-0.2, 0) is 4.79 Å². The summed E-state index contributed by atoms with van der Waals surface area (Å²) >= 11 is 0. The fourth-order valence-corrected chi connectivity index (χ4v) is 0.917. The van der Waals surface area contributed by atoms with E-state index in [4.69, 9.17) is 7.85 Å². The van der Waals surface area contributed by atoms with Crippen LogP contribution in [0.1, 0.15) is 23.3 Å². The number of rotatable bonds is 4. The first-order valence-corrected chi connectivity index (χ1v) is 3.92. The number of aldehydes is 1. The molecule has 2 radical (unpaired) electrons. The maximum Gasteiger partial charge on any atom is 0.181 e. The van der Waals surface area contributed by atoms with E-state index in [2.05, 4.69) is 4.98 Å². The van der Waals surface area contributed by atoms with Crippen LogP contribution in [-0.4, -0.2) is 24.9 Å². The molecule has 0 amide bonds. The van der Waals surface area contributed by atoms with Gasteiger partial charge in [0.1, 0.15) is 19.8 Å². The monoisotopic (exact) mass is 173 g/mol. The van der Waals surface area contributed by atoms with Crippen molar-refractivity contribution < 1.29 is 9.59 Å². The Bertz CT molecular complexity index is 325. The summed E-state index contributed by atoms with van der Waals surface area (Å²) in [5.41, 5.74) is 0.825. The molecule has 1 heterocycles. The summed E-state index contributed by atoms with van der Waals surface area (Å²) in [6, 6.07) is 3.11. The highest BCUT2D eigenvalue weighted by molar-refractivity contribution is 6.32. The molecule has 0 N–H and O–H groups in total. The quantitative estimate of drug-likeness (QED) is 0.366. The molecule has 0 bridgehead atoms. The number of aromatic nitrogens is 1. The molecule has 0 atom stereocenters. The Labute approximate surface area is 77.6 Å². The van der Waals surface area contributed by atoms with Crippen molar-refractivity contribution in [2.45, 2.75) is 12.8 Å². The highest BCUT2D eigenvalue weighted by atomic mass is 16.1. The van der Waals surface area contributed by atoms with Crippen LogP contribution in [0, 0.1) is 0 Å². The van der Waals surface area contributed by atoms with E-state index in [9.17, 15) is 9.59 Å². The third-order valence-corrected chi connectivity index (χ3v) is 1.56. The number of hydrogen-bond acceptors (Lipinski definition) is 3. The molecular weight excluding hydrogens is 165 g/mol. The van der Waals surface area contributed by atoms with Gasteiger partial charge in [0.15, 0.2) is 5.78 Å². The Hall–Kier alpha value is -1.45. The number of carbonyl (C=O) groups excluding carboxylic acids is 2. The zero-order valence-electron chi connectivity index (χ0n) is 7.06. The highest BCUT2D eigenvalue weighted by Crippen LogP contribution is 1.98. The van der Waals surface area contributed by atoms with Crippen LogP contribution in [0.15, 0.2) is 18.3 Å². The van der Waals surface area contributed by atoms with Gasteiger partial charge in [0.25, 0.3) is 0 Å². The Morgan fingerprint density at radius 2 is 2.38 bits per heavy atom. The van der Waals surface area contributed by atoms with Gasteiger partial charge in [0, 0.05) is 19.0 Å². The number of hydrogen-bond donors (Lipinski definition) is 0. The van der Waals surface area contributed by atoms with Gasteiger partial charge in [-0.3, -0.25) is 9.78 Å². The van der Waals surface area contributed by atoms with E-state index >= 15 is 0 Å². The van der Waals surface area contributed by atoms with Crippen molar-refractivity contribution in [2.75, 3.05) is 0 Å². The molecule has 0 aliphatic rings. The summed E-state index contributed by atoms with van der Waals surface area (Å²) in [7, 11) is 5.46. The number of pyridine rings is 1. The van der Waals surface area contributed by atoms with Crippen molar-refractivity contribution in [2.24, 2.45) is 0 Å². The lowest BCUT2D eigenvalue weighted by molar-refractivity contribution is -0.107. The van der Waals surface area contributed by atoms with Gasteiger partial charge in [-0.1, -0.05) is 11.5 Å². The van der Waals surface area contributed by atoms with Gasteiger partial charge in [0.2, 0.25) is 0 Å². The SMILES string of the molecule is [B]c1ccnc(C(=O)CCC=O)c1. The lowest BCUT2D eigenvalue weighted by Gasteiger charge is -1.98. The second-order valence-corrected chi connectivity index (χ2v) is 2.60. The average molecular weight is 173 g/mol. The van der Waals surface area contributed by atoms with Crippen molar-refractivity contribution in [3.05, 3.63) is 24.0 Å². The molecule has 13 heavy (non-hydrogen) atoms. The normalized spacial score (nSPS) is 9.54. The molecule has 0 aliphatic heterocycles. The standard InChI is InChI=1S/C9H8BNO2/c10-7-3-4-11-8(6-7)9(13)2-1-5-12/h3-6H,1-2H2. The van der Waals surface area contributed by atoms with Crippen LogP contribution in [0.4, 0.5) is 0 Å². The third kappa shape index (κ3) is 2.82. The van der Waals surface area contributed by atoms with Crippen molar-refractivity contribution >= 4 is 25.4 Å². The molecule has 0 spiro atoms. The van der Waals surface area contributed by atoms with Gasteiger partial charge in [-0.05, 0) is 6.07 Å². The van der Waals surface area contributed by atoms with E-state index in [0.29, 0.717) is 17.4 Å². The summed E-state index contributed by atoms with van der Waals surface area (Å²) in [5.74, 6) is -0.153. The molecule has 0 unspecified atom stereocenters. The topological polar surface area (TPSA) is 47.0 Å². The van der Waals surface area contributed by atoms with Gasteiger partial charge in [-0.25, -0.2) is 0 Å². The molecule has 4 heteroatoms. The average Bonchev–Trinajstić information content (AvgIpc) is 2.14. The predicted molar refractivity (Wildman–Crippen MR) is 49.3 cm³/mol. The molecular formula is C9H8BNO2. The summed E-state index contributed by atoms with van der Waals surface area (Å²) < 4.78 is 0. The van der Waals surface area contributed by atoms with E-state index in [0.717, 1.165) is 0 Å². The summed E-state index contributed by atoms with van der Waals surface area (Å²) in [6.07, 6.45) is 2.61. The minimum atomic E-state index is -0.153. The third-order valence-electron chi connectivity index (χ3n) is 1.56. The maximum absolute atomic E-state index is 11.3. The molecule has 64 valence electrons. The minimum Gasteiger partial charge on any atom is -0.303 e. The Morgan fingerprint density at radius 3 is 3.00 bits per heavy atom. The molecule has 0 saturated heterocycles. The van der Waals surface area contributed by atoms with Gasteiger partial charge >= 0.3 is 0 Å². The van der Waals surface area contributed by atoms with Crippen molar-refractivity contribution in [3.8, 4) is 0 Å². The Morgan fingerprint density at radius 1 is 1.62 bits per heavy atom. The van der Waals surface area contributed by atoms with Crippen molar-refractivity contribution in [1.82, 2.24) is 4.98 Å². The van der Waals surface area contributed by atoms with Gasteiger partial charge in [0.05, 0.1) is 0 Å². The zero-order chi connectivity index (χ0) is 9.68. The van der Waals surface area contributed by atoms with Gasteiger partial charge in [-0.2, -0.15) is 0 Å². The number of ketones is 1. The van der Waals surface area contributed by atoms with E-state index in [1.54, 1.807) is 6.07 Å². The van der Waals surface area contributed by atoms with E-state index in [-0.39, 0.29) is 18.6 Å².